The summed E-state index contributed by atoms with van der Waals surface area (Å²) in [6.07, 6.45) is -0.362. The number of benzene rings is 1. The number of alkyl halides is 2. The second kappa shape index (κ2) is 10.8. The van der Waals surface area contributed by atoms with E-state index in [0.717, 1.165) is 26.1 Å². The number of hydrogen-bond acceptors (Lipinski definition) is 8. The van der Waals surface area contributed by atoms with Gasteiger partial charge in [0.2, 0.25) is 11.9 Å². The fraction of sp³-hybridized carbons (Fsp3) is 0.538. The molecule has 38 heavy (non-hydrogen) atoms. The van der Waals surface area contributed by atoms with Crippen LogP contribution in [0.2, 0.25) is 0 Å². The molecule has 0 atom stereocenters. The average molecular weight is 528 g/mol. The van der Waals surface area contributed by atoms with Crippen molar-refractivity contribution in [3.8, 4) is 5.82 Å². The summed E-state index contributed by atoms with van der Waals surface area (Å²) in [4.78, 5) is 30.1. The van der Waals surface area contributed by atoms with Crippen LogP contribution >= 0.6 is 0 Å². The fourth-order valence-electron chi connectivity index (χ4n) is 5.26. The highest BCUT2D eigenvalue weighted by atomic mass is 19.3. The van der Waals surface area contributed by atoms with Gasteiger partial charge in [-0.15, -0.1) is 0 Å². The Hall–Kier alpha value is -3.38. The normalized spacial score (nSPS) is 19.2. The lowest BCUT2D eigenvalue weighted by Gasteiger charge is -2.40. The van der Waals surface area contributed by atoms with Gasteiger partial charge in [0, 0.05) is 51.9 Å². The molecule has 12 heteroatoms. The maximum absolute atomic E-state index is 14.1. The highest BCUT2D eigenvalue weighted by Crippen LogP contribution is 2.30. The van der Waals surface area contributed by atoms with E-state index in [9.17, 15) is 13.6 Å². The van der Waals surface area contributed by atoms with Crippen molar-refractivity contribution in [3.05, 3.63) is 36.2 Å². The lowest BCUT2D eigenvalue weighted by molar-refractivity contribution is -0.136. The van der Waals surface area contributed by atoms with Crippen LogP contribution in [-0.2, 0) is 14.3 Å². The zero-order chi connectivity index (χ0) is 26.1. The summed E-state index contributed by atoms with van der Waals surface area (Å²) >= 11 is 0. The van der Waals surface area contributed by atoms with E-state index >= 15 is 0 Å². The maximum atomic E-state index is 14.1. The minimum atomic E-state index is -2.78. The van der Waals surface area contributed by atoms with E-state index in [-0.39, 0.29) is 17.8 Å². The summed E-state index contributed by atoms with van der Waals surface area (Å²) in [6, 6.07) is 8.72. The molecule has 0 saturated carbocycles. The number of anilines is 2. The smallest absolute Gasteiger partial charge is 0.296 e. The van der Waals surface area contributed by atoms with E-state index in [1.54, 1.807) is 30.3 Å². The molecule has 3 saturated heterocycles. The number of nitrogens with zero attached hydrogens (tertiary/aromatic N) is 6. The third-order valence-corrected chi connectivity index (χ3v) is 7.40. The van der Waals surface area contributed by atoms with Crippen molar-refractivity contribution in [2.45, 2.75) is 31.7 Å². The van der Waals surface area contributed by atoms with E-state index < -0.39 is 6.43 Å². The average Bonchev–Trinajstić information content (AvgIpc) is 3.31. The molecular formula is C26H31F2N7O3. The Morgan fingerprint density at radius 2 is 1.76 bits per heavy atom. The third-order valence-electron chi connectivity index (χ3n) is 7.40. The summed E-state index contributed by atoms with van der Waals surface area (Å²) in [5.74, 6) is 1.47. The number of likely N-dealkylation sites (tertiary alicyclic amines) is 1. The standard InChI is InChI=1S/C26H31F2N7O3/c27-24(28)25-30-19-3-1-2-4-20(19)35(25)22-14-21(31-26(32-22)33-7-11-38-12-8-33)29-18-15-34(16-18)23(36)13-17-5-9-37-10-6-17/h1-4,14,17-18,24H,5-13,15-16H2,(H,29,31,32). The van der Waals surface area contributed by atoms with Crippen molar-refractivity contribution in [2.24, 2.45) is 5.92 Å². The summed E-state index contributed by atoms with van der Waals surface area (Å²) < 4.78 is 40.4. The molecule has 5 heterocycles. The molecule has 0 bridgehead atoms. The maximum Gasteiger partial charge on any atom is 0.296 e. The monoisotopic (exact) mass is 527 g/mol. The molecule has 202 valence electrons. The Balaban J connectivity index is 1.24. The quantitative estimate of drug-likeness (QED) is 0.501. The van der Waals surface area contributed by atoms with Gasteiger partial charge in [0.1, 0.15) is 11.6 Å². The first-order chi connectivity index (χ1) is 18.5. The lowest BCUT2D eigenvalue weighted by atomic mass is 9.95. The van der Waals surface area contributed by atoms with E-state index in [4.69, 9.17) is 14.5 Å². The van der Waals surface area contributed by atoms with Gasteiger partial charge in [0.05, 0.1) is 30.3 Å². The van der Waals surface area contributed by atoms with Gasteiger partial charge >= 0.3 is 0 Å². The van der Waals surface area contributed by atoms with Crippen molar-refractivity contribution in [1.29, 1.82) is 0 Å². The summed E-state index contributed by atoms with van der Waals surface area (Å²) in [6.45, 7) is 4.89. The van der Waals surface area contributed by atoms with Gasteiger partial charge in [-0.25, -0.2) is 13.8 Å². The molecule has 10 nitrogen and oxygen atoms in total. The van der Waals surface area contributed by atoms with Crippen molar-refractivity contribution < 1.29 is 23.0 Å². The van der Waals surface area contributed by atoms with Crippen LogP contribution in [-0.4, -0.2) is 89.0 Å². The topological polar surface area (TPSA) is 97.6 Å². The summed E-state index contributed by atoms with van der Waals surface area (Å²) in [5.41, 5.74) is 1.02. The lowest BCUT2D eigenvalue weighted by Crippen LogP contribution is -2.57. The van der Waals surface area contributed by atoms with E-state index in [0.29, 0.717) is 80.3 Å². The number of para-hydroxylation sites is 2. The van der Waals surface area contributed by atoms with Gasteiger partial charge in [-0.3, -0.25) is 9.36 Å². The van der Waals surface area contributed by atoms with E-state index in [1.807, 2.05) is 9.80 Å². The van der Waals surface area contributed by atoms with Crippen LogP contribution in [0.25, 0.3) is 16.9 Å². The van der Waals surface area contributed by atoms with Gasteiger partial charge < -0.3 is 24.6 Å². The molecule has 1 amide bonds. The van der Waals surface area contributed by atoms with Crippen LogP contribution < -0.4 is 10.2 Å². The molecule has 1 aromatic carbocycles. The zero-order valence-corrected chi connectivity index (χ0v) is 21.1. The van der Waals surface area contributed by atoms with Crippen LogP contribution in [0.4, 0.5) is 20.5 Å². The fourth-order valence-corrected chi connectivity index (χ4v) is 5.26. The minimum Gasteiger partial charge on any atom is -0.381 e. The van der Waals surface area contributed by atoms with Crippen molar-refractivity contribution in [1.82, 2.24) is 24.4 Å². The number of carbonyl (C=O) groups excluding carboxylic acids is 1. The molecule has 1 N–H and O–H groups in total. The molecule has 2 aromatic heterocycles. The Labute approximate surface area is 218 Å². The number of amides is 1. The second-order valence-corrected chi connectivity index (χ2v) is 10.0. The van der Waals surface area contributed by atoms with Crippen molar-refractivity contribution in [3.63, 3.8) is 0 Å². The predicted molar refractivity (Wildman–Crippen MR) is 137 cm³/mol. The zero-order valence-electron chi connectivity index (χ0n) is 21.1. The molecule has 0 radical (unpaired) electrons. The van der Waals surface area contributed by atoms with Crippen LogP contribution in [0.3, 0.4) is 0 Å². The Morgan fingerprint density at radius 1 is 1.03 bits per heavy atom. The number of imidazole rings is 1. The molecule has 0 spiro atoms. The molecule has 3 aliphatic rings. The van der Waals surface area contributed by atoms with Gasteiger partial charge in [-0.1, -0.05) is 12.1 Å². The molecule has 3 aliphatic heterocycles. The minimum absolute atomic E-state index is 0.0167. The highest BCUT2D eigenvalue weighted by molar-refractivity contribution is 5.79. The van der Waals surface area contributed by atoms with E-state index in [2.05, 4.69) is 15.3 Å². The van der Waals surface area contributed by atoms with Gasteiger partial charge in [-0.2, -0.15) is 9.97 Å². The molecule has 6 rings (SSSR count). The highest BCUT2D eigenvalue weighted by Gasteiger charge is 2.33. The first-order valence-corrected chi connectivity index (χ1v) is 13.1. The van der Waals surface area contributed by atoms with Gasteiger partial charge in [0.25, 0.3) is 6.43 Å². The molecule has 3 aromatic rings. The Bertz CT molecular complexity index is 1290. The van der Waals surface area contributed by atoms with Crippen LogP contribution in [0.5, 0.6) is 0 Å². The van der Waals surface area contributed by atoms with Crippen LogP contribution in [0.15, 0.2) is 30.3 Å². The number of hydrogen-bond donors (Lipinski definition) is 1. The summed E-state index contributed by atoms with van der Waals surface area (Å²) in [7, 11) is 0. The van der Waals surface area contributed by atoms with Crippen LogP contribution in [0, 0.1) is 5.92 Å². The third kappa shape index (κ3) is 5.14. The SMILES string of the molecule is O=C(CC1CCOCC1)N1CC(Nc2cc(-n3c(C(F)F)nc4ccccc43)nc(N3CCOCC3)n2)C1. The predicted octanol–water partition coefficient (Wildman–Crippen LogP) is 3.03. The number of morpholine rings is 1. The first-order valence-electron chi connectivity index (χ1n) is 13.1. The second-order valence-electron chi connectivity index (χ2n) is 10.0. The molecule has 0 aliphatic carbocycles. The number of aromatic nitrogens is 4. The van der Waals surface area contributed by atoms with Crippen molar-refractivity contribution in [2.75, 3.05) is 62.8 Å². The number of ether oxygens (including phenoxy) is 2. The van der Waals surface area contributed by atoms with Crippen molar-refractivity contribution >= 4 is 28.7 Å². The first kappa shape index (κ1) is 24.9. The number of carbonyl (C=O) groups is 1. The number of nitrogens with one attached hydrogen (secondary N) is 1. The number of rotatable bonds is 7. The summed E-state index contributed by atoms with van der Waals surface area (Å²) in [5, 5.41) is 3.40. The van der Waals surface area contributed by atoms with E-state index in [1.165, 1.54) is 4.57 Å². The molecular weight excluding hydrogens is 496 g/mol. The molecule has 0 unspecified atom stereocenters. The Morgan fingerprint density at radius 3 is 2.53 bits per heavy atom. The molecule has 3 fully saturated rings. The largest absolute Gasteiger partial charge is 0.381 e. The number of halogens is 2. The number of fused-ring (bicyclic) bond motifs is 1. The Kier molecular flexibility index (Phi) is 7.07. The van der Waals surface area contributed by atoms with Gasteiger partial charge in [-0.05, 0) is 30.9 Å². The van der Waals surface area contributed by atoms with Crippen LogP contribution in [0.1, 0.15) is 31.5 Å². The van der Waals surface area contributed by atoms with Gasteiger partial charge in [0.15, 0.2) is 5.82 Å².